The van der Waals surface area contributed by atoms with Gasteiger partial charge in [0.15, 0.2) is 0 Å². The first-order chi connectivity index (χ1) is 15.1. The molecule has 2 heterocycles. The van der Waals surface area contributed by atoms with Crippen molar-refractivity contribution in [3.63, 3.8) is 0 Å². The Kier molecular flexibility index (Phi) is 4.68. The lowest BCUT2D eigenvalue weighted by atomic mass is 9.92. The molecule has 0 saturated heterocycles. The molecule has 1 unspecified atom stereocenters. The Hall–Kier alpha value is -4.04. The maximum Gasteiger partial charge on any atom is 0.320 e. The molecule has 1 aromatic heterocycles. The molecule has 0 spiro atoms. The summed E-state index contributed by atoms with van der Waals surface area (Å²) in [4.78, 5) is 28.7. The molecule has 0 bridgehead atoms. The SMILES string of the molecule is O=C1NC(c2ccccc2)=C(c2nc3ccccc3s2)C(c2ccccc2[N+](=O)[O-])N1. The molecular weight excluding hydrogens is 412 g/mol. The van der Waals surface area contributed by atoms with E-state index in [9.17, 15) is 14.9 Å². The predicted molar refractivity (Wildman–Crippen MR) is 120 cm³/mol. The van der Waals surface area contributed by atoms with Gasteiger partial charge < -0.3 is 10.6 Å². The van der Waals surface area contributed by atoms with Gasteiger partial charge in [0.05, 0.1) is 32.4 Å². The van der Waals surface area contributed by atoms with E-state index >= 15 is 0 Å². The highest BCUT2D eigenvalue weighted by Gasteiger charge is 2.35. The first-order valence-corrected chi connectivity index (χ1v) is 10.4. The van der Waals surface area contributed by atoms with E-state index in [4.69, 9.17) is 4.98 Å². The number of rotatable bonds is 4. The van der Waals surface area contributed by atoms with Crippen LogP contribution in [0.2, 0.25) is 0 Å². The van der Waals surface area contributed by atoms with Crippen LogP contribution in [0.25, 0.3) is 21.5 Å². The lowest BCUT2D eigenvalue weighted by Crippen LogP contribution is -2.43. The highest BCUT2D eigenvalue weighted by molar-refractivity contribution is 7.19. The first kappa shape index (κ1) is 19.0. The average Bonchev–Trinajstić information content (AvgIpc) is 3.23. The van der Waals surface area contributed by atoms with Crippen LogP contribution < -0.4 is 10.6 Å². The van der Waals surface area contributed by atoms with Crippen LogP contribution in [0.5, 0.6) is 0 Å². The summed E-state index contributed by atoms with van der Waals surface area (Å²) in [6.07, 6.45) is 0. The highest BCUT2D eigenvalue weighted by atomic mass is 32.1. The molecule has 31 heavy (non-hydrogen) atoms. The fraction of sp³-hybridized carbons (Fsp3) is 0.0435. The van der Waals surface area contributed by atoms with Crippen LogP contribution in [0.15, 0.2) is 78.9 Å². The molecule has 7 nitrogen and oxygen atoms in total. The number of thiazole rings is 1. The second-order valence-electron chi connectivity index (χ2n) is 6.99. The van der Waals surface area contributed by atoms with Crippen molar-refractivity contribution in [3.8, 4) is 0 Å². The van der Waals surface area contributed by atoms with Crippen LogP contribution in [0, 0.1) is 10.1 Å². The van der Waals surface area contributed by atoms with Gasteiger partial charge in [-0.3, -0.25) is 10.1 Å². The smallest absolute Gasteiger partial charge is 0.320 e. The van der Waals surface area contributed by atoms with E-state index in [1.807, 2.05) is 54.6 Å². The van der Waals surface area contributed by atoms with E-state index in [2.05, 4.69) is 10.6 Å². The normalized spacial score (nSPS) is 16.1. The zero-order chi connectivity index (χ0) is 21.4. The van der Waals surface area contributed by atoms with Gasteiger partial charge in [-0.2, -0.15) is 0 Å². The molecule has 2 N–H and O–H groups in total. The molecule has 0 aliphatic carbocycles. The number of carbonyl (C=O) groups is 1. The largest absolute Gasteiger partial charge is 0.326 e. The van der Waals surface area contributed by atoms with E-state index < -0.39 is 17.0 Å². The van der Waals surface area contributed by atoms with Crippen molar-refractivity contribution < 1.29 is 9.72 Å². The van der Waals surface area contributed by atoms with Gasteiger partial charge in [0.1, 0.15) is 5.01 Å². The zero-order valence-electron chi connectivity index (χ0n) is 16.1. The van der Waals surface area contributed by atoms with Crippen molar-refractivity contribution in [2.24, 2.45) is 0 Å². The number of nitro groups is 1. The number of hydrogen-bond donors (Lipinski definition) is 2. The van der Waals surface area contributed by atoms with Gasteiger partial charge >= 0.3 is 6.03 Å². The van der Waals surface area contributed by atoms with E-state index in [1.54, 1.807) is 18.2 Å². The number of nitrogens with one attached hydrogen (secondary N) is 2. The number of fused-ring (bicyclic) bond motifs is 1. The number of amides is 2. The first-order valence-electron chi connectivity index (χ1n) is 9.58. The fourth-order valence-corrected chi connectivity index (χ4v) is 4.79. The number of para-hydroxylation sites is 2. The van der Waals surface area contributed by atoms with Crippen molar-refractivity contribution in [2.45, 2.75) is 6.04 Å². The molecule has 5 rings (SSSR count). The molecule has 1 atom stereocenters. The lowest BCUT2D eigenvalue weighted by Gasteiger charge is -2.29. The Balaban J connectivity index is 1.80. The van der Waals surface area contributed by atoms with Crippen LogP contribution in [0.3, 0.4) is 0 Å². The number of hydrogen-bond acceptors (Lipinski definition) is 5. The van der Waals surface area contributed by atoms with E-state index in [-0.39, 0.29) is 5.69 Å². The number of nitro benzene ring substituents is 1. The Labute approximate surface area is 181 Å². The topological polar surface area (TPSA) is 97.2 Å². The third kappa shape index (κ3) is 3.43. The minimum Gasteiger partial charge on any atom is -0.326 e. The molecule has 3 aromatic carbocycles. The predicted octanol–water partition coefficient (Wildman–Crippen LogP) is 5.13. The monoisotopic (exact) mass is 428 g/mol. The molecule has 8 heteroatoms. The summed E-state index contributed by atoms with van der Waals surface area (Å²) in [5, 5.41) is 18.2. The van der Waals surface area contributed by atoms with Crippen LogP contribution in [-0.2, 0) is 0 Å². The van der Waals surface area contributed by atoms with Crippen molar-refractivity contribution in [1.29, 1.82) is 0 Å². The van der Waals surface area contributed by atoms with Gasteiger partial charge in [-0.1, -0.05) is 54.6 Å². The summed E-state index contributed by atoms with van der Waals surface area (Å²) >= 11 is 1.49. The number of aromatic nitrogens is 1. The summed E-state index contributed by atoms with van der Waals surface area (Å²) in [6.45, 7) is 0. The van der Waals surface area contributed by atoms with Gasteiger partial charge in [-0.25, -0.2) is 9.78 Å². The maximum atomic E-state index is 12.6. The quantitative estimate of drug-likeness (QED) is 0.348. The maximum absolute atomic E-state index is 12.6. The highest BCUT2D eigenvalue weighted by Crippen LogP contribution is 2.42. The summed E-state index contributed by atoms with van der Waals surface area (Å²) < 4.78 is 0.996. The minimum absolute atomic E-state index is 0.0549. The number of nitrogens with zero attached hydrogens (tertiary/aromatic N) is 2. The fourth-order valence-electron chi connectivity index (χ4n) is 3.75. The van der Waals surface area contributed by atoms with Crippen molar-refractivity contribution >= 4 is 44.5 Å². The van der Waals surface area contributed by atoms with E-state index in [0.717, 1.165) is 15.8 Å². The molecule has 2 amide bonds. The van der Waals surface area contributed by atoms with Crippen LogP contribution >= 0.6 is 11.3 Å². The molecule has 0 radical (unpaired) electrons. The third-order valence-corrected chi connectivity index (χ3v) is 6.17. The minimum atomic E-state index is -0.730. The van der Waals surface area contributed by atoms with E-state index in [0.29, 0.717) is 21.8 Å². The molecular formula is C23H16N4O3S. The van der Waals surface area contributed by atoms with Crippen LogP contribution in [0.4, 0.5) is 10.5 Å². The van der Waals surface area contributed by atoms with Crippen molar-refractivity contribution in [3.05, 3.63) is 105 Å². The summed E-state index contributed by atoms with van der Waals surface area (Å²) in [5.74, 6) is 0. The van der Waals surface area contributed by atoms with Crippen LogP contribution in [0.1, 0.15) is 22.2 Å². The molecule has 0 saturated carbocycles. The standard InChI is InChI=1S/C23H16N4O3S/c28-23-25-20(14-8-2-1-3-9-14)19(22-24-16-11-5-7-13-18(16)31-22)21(26-23)15-10-4-6-12-17(15)27(29)30/h1-13,21H,(H2,25,26,28). The number of urea groups is 1. The molecule has 0 fully saturated rings. The van der Waals surface area contributed by atoms with Crippen molar-refractivity contribution in [2.75, 3.05) is 0 Å². The number of benzene rings is 3. The summed E-state index contributed by atoms with van der Waals surface area (Å²) in [7, 11) is 0. The third-order valence-electron chi connectivity index (χ3n) is 5.10. The van der Waals surface area contributed by atoms with Gasteiger partial charge in [-0.15, -0.1) is 11.3 Å². The lowest BCUT2D eigenvalue weighted by molar-refractivity contribution is -0.385. The van der Waals surface area contributed by atoms with Crippen LogP contribution in [-0.4, -0.2) is 15.9 Å². The van der Waals surface area contributed by atoms with E-state index in [1.165, 1.54) is 17.4 Å². The zero-order valence-corrected chi connectivity index (χ0v) is 16.9. The summed E-state index contributed by atoms with van der Waals surface area (Å²) in [5.41, 5.74) is 3.27. The van der Waals surface area contributed by atoms with Crippen molar-refractivity contribution in [1.82, 2.24) is 15.6 Å². The average molecular weight is 428 g/mol. The molecule has 1 aliphatic rings. The second-order valence-corrected chi connectivity index (χ2v) is 8.02. The Bertz CT molecular complexity index is 1310. The number of carbonyl (C=O) groups excluding carboxylic acids is 1. The van der Waals surface area contributed by atoms with Gasteiger partial charge in [0, 0.05) is 11.6 Å². The Morgan fingerprint density at radius 1 is 0.935 bits per heavy atom. The molecule has 152 valence electrons. The van der Waals surface area contributed by atoms with Gasteiger partial charge in [0.2, 0.25) is 0 Å². The molecule has 4 aromatic rings. The Morgan fingerprint density at radius 3 is 2.42 bits per heavy atom. The van der Waals surface area contributed by atoms with Gasteiger partial charge in [0.25, 0.3) is 5.69 Å². The summed E-state index contributed by atoms with van der Waals surface area (Å²) in [6, 6.07) is 22.5. The Morgan fingerprint density at radius 2 is 1.65 bits per heavy atom. The second kappa shape index (κ2) is 7.66. The molecule has 1 aliphatic heterocycles. The van der Waals surface area contributed by atoms with Gasteiger partial charge in [-0.05, 0) is 23.8 Å².